The van der Waals surface area contributed by atoms with Gasteiger partial charge in [-0.3, -0.25) is 9.59 Å². The molecule has 0 spiro atoms. The number of rotatable bonds is 6. The summed E-state index contributed by atoms with van der Waals surface area (Å²) in [7, 11) is 0. The number of amides is 2. The summed E-state index contributed by atoms with van der Waals surface area (Å²) in [5, 5.41) is 6.63. The summed E-state index contributed by atoms with van der Waals surface area (Å²) in [6.45, 7) is 4.91. The molecule has 2 aromatic rings. The number of ether oxygens (including phenoxy) is 1. The second-order valence-electron chi connectivity index (χ2n) is 6.42. The molecule has 1 saturated heterocycles. The van der Waals surface area contributed by atoms with Gasteiger partial charge in [-0.15, -0.1) is 0 Å². The van der Waals surface area contributed by atoms with Gasteiger partial charge in [0, 0.05) is 19.6 Å². The summed E-state index contributed by atoms with van der Waals surface area (Å²) < 4.78 is 10.6. The van der Waals surface area contributed by atoms with Crippen molar-refractivity contribution in [1.82, 2.24) is 15.4 Å². The Labute approximate surface area is 152 Å². The highest BCUT2D eigenvalue weighted by atomic mass is 16.5. The van der Waals surface area contributed by atoms with E-state index in [4.69, 9.17) is 9.26 Å². The number of aromatic nitrogens is 1. The molecule has 2 amide bonds. The summed E-state index contributed by atoms with van der Waals surface area (Å²) in [5.74, 6) is 0.232. The van der Waals surface area contributed by atoms with Crippen molar-refractivity contribution in [3.05, 3.63) is 52.9 Å². The Hall–Kier alpha value is -2.67. The van der Waals surface area contributed by atoms with Crippen LogP contribution >= 0.6 is 0 Å². The Morgan fingerprint density at radius 1 is 1.31 bits per heavy atom. The van der Waals surface area contributed by atoms with Crippen molar-refractivity contribution in [2.24, 2.45) is 0 Å². The third kappa shape index (κ3) is 4.29. The maximum Gasteiger partial charge on any atom is 0.256 e. The molecule has 7 nitrogen and oxygen atoms in total. The van der Waals surface area contributed by atoms with Gasteiger partial charge in [0.15, 0.2) is 0 Å². The Kier molecular flexibility index (Phi) is 5.68. The SMILES string of the molecule is Cc1noc(C)c1C(=O)NCC1CN(CCc2ccccc2)C(=O)CO1. The van der Waals surface area contributed by atoms with Crippen LogP contribution in [0.5, 0.6) is 0 Å². The van der Waals surface area contributed by atoms with Gasteiger partial charge in [-0.1, -0.05) is 35.5 Å². The van der Waals surface area contributed by atoms with E-state index in [0.29, 0.717) is 36.7 Å². The highest BCUT2D eigenvalue weighted by Gasteiger charge is 2.27. The standard InChI is InChI=1S/C19H23N3O4/c1-13-18(14(2)26-21-13)19(24)20-10-16-11-22(17(23)12-25-16)9-8-15-6-4-3-5-7-15/h3-7,16H,8-12H2,1-2H3,(H,20,24). The minimum Gasteiger partial charge on any atom is -0.365 e. The van der Waals surface area contributed by atoms with Crippen LogP contribution in [0.25, 0.3) is 0 Å². The molecule has 138 valence electrons. The summed E-state index contributed by atoms with van der Waals surface area (Å²) in [4.78, 5) is 26.2. The number of morpholine rings is 1. The molecular weight excluding hydrogens is 334 g/mol. The maximum absolute atomic E-state index is 12.3. The normalized spacial score (nSPS) is 17.4. The topological polar surface area (TPSA) is 84.7 Å². The Morgan fingerprint density at radius 2 is 2.08 bits per heavy atom. The number of benzene rings is 1. The molecule has 0 saturated carbocycles. The van der Waals surface area contributed by atoms with Crippen LogP contribution in [0.2, 0.25) is 0 Å². The van der Waals surface area contributed by atoms with Crippen LogP contribution in [0.3, 0.4) is 0 Å². The van der Waals surface area contributed by atoms with Crippen LogP contribution < -0.4 is 5.32 Å². The lowest BCUT2D eigenvalue weighted by atomic mass is 10.1. The summed E-state index contributed by atoms with van der Waals surface area (Å²) >= 11 is 0. The highest BCUT2D eigenvalue weighted by molar-refractivity contribution is 5.96. The molecule has 0 radical (unpaired) electrons. The fraction of sp³-hybridized carbons (Fsp3) is 0.421. The number of hydrogen-bond acceptors (Lipinski definition) is 5. The van der Waals surface area contributed by atoms with Crippen LogP contribution in [0.15, 0.2) is 34.9 Å². The molecular formula is C19H23N3O4. The first-order valence-corrected chi connectivity index (χ1v) is 8.69. The van der Waals surface area contributed by atoms with Gasteiger partial charge in [0.1, 0.15) is 17.9 Å². The summed E-state index contributed by atoms with van der Waals surface area (Å²) in [5.41, 5.74) is 2.21. The molecule has 1 atom stereocenters. The molecule has 7 heteroatoms. The van der Waals surface area contributed by atoms with E-state index in [-0.39, 0.29) is 24.5 Å². The van der Waals surface area contributed by atoms with Gasteiger partial charge in [-0.2, -0.15) is 0 Å². The molecule has 0 aliphatic carbocycles. The number of nitrogens with one attached hydrogen (secondary N) is 1. The molecule has 1 aliphatic heterocycles. The van der Waals surface area contributed by atoms with Crippen LogP contribution in [0.4, 0.5) is 0 Å². The van der Waals surface area contributed by atoms with Gasteiger partial charge in [-0.05, 0) is 25.8 Å². The fourth-order valence-corrected chi connectivity index (χ4v) is 3.03. The predicted molar refractivity (Wildman–Crippen MR) is 94.8 cm³/mol. The minimum atomic E-state index is -0.238. The van der Waals surface area contributed by atoms with Crippen molar-refractivity contribution in [2.45, 2.75) is 26.4 Å². The smallest absolute Gasteiger partial charge is 0.256 e. The maximum atomic E-state index is 12.3. The molecule has 2 heterocycles. The molecule has 1 unspecified atom stereocenters. The lowest BCUT2D eigenvalue weighted by Crippen LogP contribution is -2.51. The average molecular weight is 357 g/mol. The lowest BCUT2D eigenvalue weighted by molar-refractivity contribution is -0.148. The molecule has 1 aromatic heterocycles. The zero-order valence-electron chi connectivity index (χ0n) is 15.0. The molecule has 26 heavy (non-hydrogen) atoms. The van der Waals surface area contributed by atoms with Crippen LogP contribution in [0, 0.1) is 13.8 Å². The first-order chi connectivity index (χ1) is 12.5. The first kappa shape index (κ1) is 18.1. The quantitative estimate of drug-likeness (QED) is 0.847. The Balaban J connectivity index is 1.51. The second kappa shape index (κ2) is 8.14. The van der Waals surface area contributed by atoms with Crippen molar-refractivity contribution in [2.75, 3.05) is 26.2 Å². The number of nitrogens with zero attached hydrogens (tertiary/aromatic N) is 2. The van der Waals surface area contributed by atoms with E-state index in [1.165, 1.54) is 5.56 Å². The van der Waals surface area contributed by atoms with E-state index in [9.17, 15) is 9.59 Å². The van der Waals surface area contributed by atoms with Crippen LogP contribution in [-0.2, 0) is 16.0 Å². The minimum absolute atomic E-state index is 0.0192. The van der Waals surface area contributed by atoms with E-state index < -0.39 is 0 Å². The zero-order valence-corrected chi connectivity index (χ0v) is 15.0. The monoisotopic (exact) mass is 357 g/mol. The number of hydrogen-bond donors (Lipinski definition) is 1. The van der Waals surface area contributed by atoms with E-state index in [1.54, 1.807) is 18.7 Å². The summed E-state index contributed by atoms with van der Waals surface area (Å²) in [6, 6.07) is 10.0. The Morgan fingerprint density at radius 3 is 2.77 bits per heavy atom. The van der Waals surface area contributed by atoms with Crippen molar-refractivity contribution in [3.63, 3.8) is 0 Å². The fourth-order valence-electron chi connectivity index (χ4n) is 3.03. The van der Waals surface area contributed by atoms with Gasteiger partial charge in [0.25, 0.3) is 5.91 Å². The second-order valence-corrected chi connectivity index (χ2v) is 6.42. The van der Waals surface area contributed by atoms with Gasteiger partial charge in [0.05, 0.1) is 11.8 Å². The van der Waals surface area contributed by atoms with E-state index >= 15 is 0 Å². The number of carbonyl (C=O) groups excluding carboxylic acids is 2. The molecule has 1 N–H and O–H groups in total. The third-order valence-corrected chi connectivity index (χ3v) is 4.48. The molecule has 1 aromatic carbocycles. The lowest BCUT2D eigenvalue weighted by Gasteiger charge is -2.33. The van der Waals surface area contributed by atoms with Gasteiger partial charge in [-0.25, -0.2) is 0 Å². The molecule has 3 rings (SSSR count). The first-order valence-electron chi connectivity index (χ1n) is 8.69. The molecule has 1 fully saturated rings. The van der Waals surface area contributed by atoms with Crippen LogP contribution in [0.1, 0.15) is 27.4 Å². The van der Waals surface area contributed by atoms with Crippen molar-refractivity contribution in [1.29, 1.82) is 0 Å². The number of aryl methyl sites for hydroxylation is 2. The van der Waals surface area contributed by atoms with Gasteiger partial charge < -0.3 is 19.5 Å². The Bertz CT molecular complexity index is 753. The van der Waals surface area contributed by atoms with Crippen molar-refractivity contribution >= 4 is 11.8 Å². The predicted octanol–water partition coefficient (Wildman–Crippen LogP) is 1.49. The summed E-state index contributed by atoms with van der Waals surface area (Å²) in [6.07, 6.45) is 0.568. The highest BCUT2D eigenvalue weighted by Crippen LogP contribution is 2.13. The largest absolute Gasteiger partial charge is 0.365 e. The van der Waals surface area contributed by atoms with E-state index in [2.05, 4.69) is 10.5 Å². The third-order valence-electron chi connectivity index (χ3n) is 4.48. The van der Waals surface area contributed by atoms with E-state index in [1.807, 2.05) is 30.3 Å². The molecule has 0 bridgehead atoms. The number of carbonyl (C=O) groups is 2. The van der Waals surface area contributed by atoms with Crippen molar-refractivity contribution in [3.8, 4) is 0 Å². The van der Waals surface area contributed by atoms with Crippen molar-refractivity contribution < 1.29 is 18.8 Å². The van der Waals surface area contributed by atoms with E-state index in [0.717, 1.165) is 6.42 Å². The van der Waals surface area contributed by atoms with Crippen LogP contribution in [-0.4, -0.2) is 54.2 Å². The van der Waals surface area contributed by atoms with Gasteiger partial charge in [0.2, 0.25) is 5.91 Å². The zero-order chi connectivity index (χ0) is 18.5. The molecule has 1 aliphatic rings. The average Bonchev–Trinajstić information content (AvgIpc) is 2.99. The van der Waals surface area contributed by atoms with Gasteiger partial charge >= 0.3 is 0 Å².